The normalized spacial score (nSPS) is 11.5. The number of halogens is 3. The third kappa shape index (κ3) is 5.62. The van der Waals surface area contributed by atoms with Gasteiger partial charge >= 0.3 is 0 Å². The van der Waals surface area contributed by atoms with E-state index in [0.717, 1.165) is 4.31 Å². The molecule has 0 saturated heterocycles. The lowest BCUT2D eigenvalue weighted by Crippen LogP contribution is -2.37. The highest BCUT2D eigenvalue weighted by Crippen LogP contribution is 2.26. The molecule has 0 fully saturated rings. The first-order valence-electron chi connectivity index (χ1n) is 8.81. The average Bonchev–Trinajstić information content (AvgIpc) is 2.72. The van der Waals surface area contributed by atoms with E-state index in [4.69, 9.17) is 23.2 Å². The number of sulfonamides is 1. The van der Waals surface area contributed by atoms with Crippen LogP contribution in [0.15, 0.2) is 82.2 Å². The fraction of sp³-hybridized carbons (Fsp3) is 0.0952. The van der Waals surface area contributed by atoms with Gasteiger partial charge in [0.25, 0.3) is 0 Å². The number of hydrogen-bond acceptors (Lipinski definition) is 3. The fourth-order valence-electron chi connectivity index (χ4n) is 2.72. The molecule has 5 nitrogen and oxygen atoms in total. The number of para-hydroxylation sites is 1. The summed E-state index contributed by atoms with van der Waals surface area (Å²) in [6.45, 7) is -0.420. The van der Waals surface area contributed by atoms with Crippen LogP contribution in [-0.4, -0.2) is 25.2 Å². The van der Waals surface area contributed by atoms with Crippen LogP contribution in [0, 0.1) is 0 Å². The second-order valence-electron chi connectivity index (χ2n) is 6.36. The highest BCUT2D eigenvalue weighted by Gasteiger charge is 2.27. The lowest BCUT2D eigenvalue weighted by molar-refractivity contribution is -0.116. The molecule has 156 valence electrons. The summed E-state index contributed by atoms with van der Waals surface area (Å²) in [6.07, 6.45) is 0. The second kappa shape index (κ2) is 9.94. The Hall–Kier alpha value is -1.90. The Morgan fingerprint density at radius 3 is 2.27 bits per heavy atom. The minimum Gasteiger partial charge on any atom is -0.324 e. The number of nitrogens with zero attached hydrogens (tertiary/aromatic N) is 1. The molecule has 1 amide bonds. The Morgan fingerprint density at radius 1 is 0.933 bits per heavy atom. The van der Waals surface area contributed by atoms with E-state index < -0.39 is 15.9 Å². The molecule has 0 bridgehead atoms. The van der Waals surface area contributed by atoms with Crippen LogP contribution in [0.4, 0.5) is 5.69 Å². The molecule has 0 radical (unpaired) electrons. The third-order valence-electron chi connectivity index (χ3n) is 4.19. The van der Waals surface area contributed by atoms with E-state index in [9.17, 15) is 13.2 Å². The Labute approximate surface area is 193 Å². The molecular weight excluding hydrogens is 511 g/mol. The standard InChI is InChI=1S/C21H17BrCl2N2O3S/c22-17-8-4-5-9-20(17)25-21(27)14-26(13-15-10-11-18(23)19(24)12-15)30(28,29)16-6-2-1-3-7-16/h1-12H,13-14H2,(H,25,27). The van der Waals surface area contributed by atoms with E-state index in [1.165, 1.54) is 12.1 Å². The lowest BCUT2D eigenvalue weighted by Gasteiger charge is -2.22. The molecular formula is C21H17BrCl2N2O3S. The first kappa shape index (κ1) is 22.8. The molecule has 0 unspecified atom stereocenters. The van der Waals surface area contributed by atoms with Gasteiger partial charge in [0, 0.05) is 11.0 Å². The van der Waals surface area contributed by atoms with Crippen molar-refractivity contribution in [1.29, 1.82) is 0 Å². The zero-order valence-corrected chi connectivity index (χ0v) is 19.5. The highest BCUT2D eigenvalue weighted by atomic mass is 79.9. The molecule has 0 heterocycles. The lowest BCUT2D eigenvalue weighted by atomic mass is 10.2. The minimum atomic E-state index is -3.93. The first-order chi connectivity index (χ1) is 14.3. The number of rotatable bonds is 7. The topological polar surface area (TPSA) is 66.5 Å². The molecule has 0 aliphatic rings. The smallest absolute Gasteiger partial charge is 0.243 e. The summed E-state index contributed by atoms with van der Waals surface area (Å²) in [5, 5.41) is 3.41. The summed E-state index contributed by atoms with van der Waals surface area (Å²) in [5.41, 5.74) is 1.16. The molecule has 0 aliphatic heterocycles. The SMILES string of the molecule is O=C(CN(Cc1ccc(Cl)c(Cl)c1)S(=O)(=O)c1ccccc1)Nc1ccccc1Br. The third-order valence-corrected chi connectivity index (χ3v) is 7.43. The maximum Gasteiger partial charge on any atom is 0.243 e. The van der Waals surface area contributed by atoms with Crippen molar-refractivity contribution in [3.8, 4) is 0 Å². The predicted octanol–water partition coefficient (Wildman–Crippen LogP) is 5.59. The zero-order valence-electron chi connectivity index (χ0n) is 15.6. The van der Waals surface area contributed by atoms with Crippen LogP contribution in [0.2, 0.25) is 10.0 Å². The van der Waals surface area contributed by atoms with Gasteiger partial charge in [-0.05, 0) is 57.9 Å². The van der Waals surface area contributed by atoms with Gasteiger partial charge in [-0.1, -0.05) is 59.6 Å². The van der Waals surface area contributed by atoms with Gasteiger partial charge in [-0.3, -0.25) is 4.79 Å². The van der Waals surface area contributed by atoms with Gasteiger partial charge in [0.2, 0.25) is 15.9 Å². The van der Waals surface area contributed by atoms with Crippen molar-refractivity contribution in [3.63, 3.8) is 0 Å². The Bertz CT molecular complexity index is 1160. The van der Waals surface area contributed by atoms with Crippen molar-refractivity contribution in [3.05, 3.63) is 92.9 Å². The molecule has 30 heavy (non-hydrogen) atoms. The van der Waals surface area contributed by atoms with Crippen LogP contribution in [-0.2, 0) is 21.4 Å². The maximum atomic E-state index is 13.2. The van der Waals surface area contributed by atoms with Crippen LogP contribution >= 0.6 is 39.1 Å². The zero-order chi connectivity index (χ0) is 21.7. The van der Waals surface area contributed by atoms with Gasteiger partial charge in [0.1, 0.15) is 0 Å². The van der Waals surface area contributed by atoms with Crippen LogP contribution in [0.25, 0.3) is 0 Å². The molecule has 0 atom stereocenters. The van der Waals surface area contributed by atoms with Crippen molar-refractivity contribution in [2.24, 2.45) is 0 Å². The molecule has 1 N–H and O–H groups in total. The molecule has 3 aromatic rings. The van der Waals surface area contributed by atoms with Gasteiger partial charge in [-0.15, -0.1) is 0 Å². The Kier molecular flexibility index (Phi) is 7.55. The quantitative estimate of drug-likeness (QED) is 0.435. The van der Waals surface area contributed by atoms with Gasteiger partial charge in [-0.25, -0.2) is 8.42 Å². The van der Waals surface area contributed by atoms with Crippen LogP contribution in [0.3, 0.4) is 0 Å². The average molecular weight is 528 g/mol. The van der Waals surface area contributed by atoms with Crippen molar-refractivity contribution >= 4 is 60.7 Å². The van der Waals surface area contributed by atoms with E-state index >= 15 is 0 Å². The van der Waals surface area contributed by atoms with E-state index in [2.05, 4.69) is 21.2 Å². The predicted molar refractivity (Wildman–Crippen MR) is 123 cm³/mol. The molecule has 0 aliphatic carbocycles. The van der Waals surface area contributed by atoms with Gasteiger partial charge in [0.15, 0.2) is 0 Å². The summed E-state index contributed by atoms with van der Waals surface area (Å²) in [6, 6.07) is 19.9. The van der Waals surface area contributed by atoms with E-state index in [-0.39, 0.29) is 18.0 Å². The van der Waals surface area contributed by atoms with E-state index in [1.54, 1.807) is 54.6 Å². The molecule has 9 heteroatoms. The Balaban J connectivity index is 1.89. The number of hydrogen-bond donors (Lipinski definition) is 1. The molecule has 3 aromatic carbocycles. The number of carbonyl (C=O) groups excluding carboxylic acids is 1. The number of benzene rings is 3. The summed E-state index contributed by atoms with van der Waals surface area (Å²) in [4.78, 5) is 12.8. The largest absolute Gasteiger partial charge is 0.324 e. The van der Waals surface area contributed by atoms with Gasteiger partial charge < -0.3 is 5.32 Å². The van der Waals surface area contributed by atoms with Crippen molar-refractivity contribution < 1.29 is 13.2 Å². The second-order valence-corrected chi connectivity index (χ2v) is 9.97. The first-order valence-corrected chi connectivity index (χ1v) is 11.8. The van der Waals surface area contributed by atoms with Gasteiger partial charge in [0.05, 0.1) is 27.2 Å². The summed E-state index contributed by atoms with van der Waals surface area (Å²) >= 11 is 15.4. The minimum absolute atomic E-state index is 0.0442. The summed E-state index contributed by atoms with van der Waals surface area (Å²) in [7, 11) is -3.93. The Morgan fingerprint density at radius 2 is 1.60 bits per heavy atom. The monoisotopic (exact) mass is 526 g/mol. The fourth-order valence-corrected chi connectivity index (χ4v) is 4.83. The number of amides is 1. The molecule has 0 spiro atoms. The number of carbonyl (C=O) groups is 1. The van der Waals surface area contributed by atoms with E-state index in [0.29, 0.717) is 25.8 Å². The highest BCUT2D eigenvalue weighted by molar-refractivity contribution is 9.10. The van der Waals surface area contributed by atoms with E-state index in [1.807, 2.05) is 6.07 Å². The summed E-state index contributed by atoms with van der Waals surface area (Å²) in [5.74, 6) is -0.471. The maximum absolute atomic E-state index is 13.2. The molecule has 0 aromatic heterocycles. The van der Waals surface area contributed by atoms with Crippen LogP contribution in [0.1, 0.15) is 5.56 Å². The number of nitrogens with one attached hydrogen (secondary N) is 1. The van der Waals surface area contributed by atoms with Crippen LogP contribution in [0.5, 0.6) is 0 Å². The van der Waals surface area contributed by atoms with Crippen molar-refractivity contribution in [1.82, 2.24) is 4.31 Å². The van der Waals surface area contributed by atoms with Gasteiger partial charge in [-0.2, -0.15) is 4.31 Å². The van der Waals surface area contributed by atoms with Crippen molar-refractivity contribution in [2.45, 2.75) is 11.4 Å². The number of anilines is 1. The van der Waals surface area contributed by atoms with Crippen LogP contribution < -0.4 is 5.32 Å². The van der Waals surface area contributed by atoms with Crippen molar-refractivity contribution in [2.75, 3.05) is 11.9 Å². The summed E-state index contributed by atoms with van der Waals surface area (Å²) < 4.78 is 28.2. The molecule has 0 saturated carbocycles. The molecule has 3 rings (SSSR count).